The highest BCUT2D eigenvalue weighted by Crippen LogP contribution is 2.36. The lowest BCUT2D eigenvalue weighted by molar-refractivity contribution is -0.137. The van der Waals surface area contributed by atoms with Gasteiger partial charge in [-0.25, -0.2) is 9.59 Å². The largest absolute Gasteiger partial charge is 0.457 e. The fraction of sp³-hybridized carbons (Fsp3) is 0.481. The van der Waals surface area contributed by atoms with Crippen LogP contribution >= 0.6 is 0 Å². The third kappa shape index (κ3) is 12.1. The van der Waals surface area contributed by atoms with Crippen molar-refractivity contribution < 1.29 is 37.0 Å². The second kappa shape index (κ2) is 12.8. The van der Waals surface area contributed by atoms with Gasteiger partial charge in [-0.05, 0) is 90.3 Å². The molecule has 0 spiro atoms. The number of ether oxygens (including phenoxy) is 3. The van der Waals surface area contributed by atoms with Gasteiger partial charge in [0.05, 0.1) is 12.2 Å². The van der Waals surface area contributed by atoms with Crippen LogP contribution in [0.3, 0.4) is 0 Å². The minimum atomic E-state index is -4.63. The predicted octanol–water partition coefficient (Wildman–Crippen LogP) is 6.43. The maximum absolute atomic E-state index is 13.6. The number of amides is 2. The maximum atomic E-state index is 13.6. The average molecular weight is 555 g/mol. The number of benzene rings is 2. The van der Waals surface area contributed by atoms with Crippen molar-refractivity contribution >= 4 is 23.6 Å². The Kier molecular flexibility index (Phi) is 10.3. The second-order valence-electron chi connectivity index (χ2n) is 10.8. The zero-order chi connectivity index (χ0) is 29.4. The Morgan fingerprint density at radius 1 is 0.872 bits per heavy atom. The Bertz CT molecular complexity index is 1140. The topological polar surface area (TPSA) is 124 Å². The molecule has 0 atom stereocenters. The van der Waals surface area contributed by atoms with E-state index in [0.29, 0.717) is 36.4 Å². The van der Waals surface area contributed by atoms with Crippen molar-refractivity contribution in [2.45, 2.75) is 71.8 Å². The van der Waals surface area contributed by atoms with Crippen LogP contribution in [0.2, 0.25) is 0 Å². The van der Waals surface area contributed by atoms with Crippen molar-refractivity contribution in [1.29, 1.82) is 0 Å². The van der Waals surface area contributed by atoms with Crippen molar-refractivity contribution in [2.24, 2.45) is 0 Å². The van der Waals surface area contributed by atoms with Crippen molar-refractivity contribution in [3.8, 4) is 11.5 Å². The normalized spacial score (nSPS) is 11.9. The van der Waals surface area contributed by atoms with Gasteiger partial charge in [0.2, 0.25) is 0 Å². The number of alkyl halides is 3. The summed E-state index contributed by atoms with van der Waals surface area (Å²) in [6.45, 7) is 10.5. The maximum Gasteiger partial charge on any atom is 0.416 e. The third-order valence-electron chi connectivity index (χ3n) is 4.76. The van der Waals surface area contributed by atoms with Crippen LogP contribution in [-0.2, 0) is 22.1 Å². The predicted molar refractivity (Wildman–Crippen MR) is 143 cm³/mol. The first kappa shape index (κ1) is 31.4. The molecule has 0 aliphatic heterocycles. The Morgan fingerprint density at radius 2 is 1.49 bits per heavy atom. The Labute approximate surface area is 226 Å². The summed E-state index contributed by atoms with van der Waals surface area (Å²) >= 11 is 0. The fourth-order valence-electron chi connectivity index (χ4n) is 3.26. The summed E-state index contributed by atoms with van der Waals surface area (Å²) in [7, 11) is 0. The van der Waals surface area contributed by atoms with Crippen LogP contribution in [0.25, 0.3) is 0 Å². The second-order valence-corrected chi connectivity index (χ2v) is 10.8. The molecule has 0 saturated carbocycles. The molecule has 0 bridgehead atoms. The summed E-state index contributed by atoms with van der Waals surface area (Å²) in [5, 5.41) is 7.82. The molecule has 2 rings (SSSR count). The van der Waals surface area contributed by atoms with Crippen molar-refractivity contribution in [2.75, 3.05) is 24.3 Å². The van der Waals surface area contributed by atoms with Crippen LogP contribution in [0.4, 0.5) is 34.1 Å². The highest BCUT2D eigenvalue weighted by molar-refractivity contribution is 5.68. The van der Waals surface area contributed by atoms with Gasteiger partial charge in [0.15, 0.2) is 0 Å². The van der Waals surface area contributed by atoms with Crippen molar-refractivity contribution in [3.05, 3.63) is 47.5 Å². The number of halogens is 3. The zero-order valence-corrected chi connectivity index (χ0v) is 23.0. The van der Waals surface area contributed by atoms with Gasteiger partial charge in [-0.2, -0.15) is 13.2 Å². The van der Waals surface area contributed by atoms with E-state index in [0.717, 1.165) is 12.1 Å². The molecule has 2 aromatic carbocycles. The van der Waals surface area contributed by atoms with E-state index in [9.17, 15) is 22.8 Å². The number of hydrogen-bond donors (Lipinski definition) is 4. The quantitative estimate of drug-likeness (QED) is 0.160. The Morgan fingerprint density at radius 3 is 2.08 bits per heavy atom. The van der Waals surface area contributed by atoms with Crippen LogP contribution in [-0.4, -0.2) is 36.6 Å². The Hall–Kier alpha value is -3.83. The number of nitrogens with one attached hydrogen (secondary N) is 3. The number of nitrogens with two attached hydrogens (primary N) is 1. The number of carbonyl (C=O) groups excluding carboxylic acids is 2. The first-order chi connectivity index (χ1) is 17.9. The molecule has 0 unspecified atom stereocenters. The molecule has 0 aliphatic rings. The molecule has 0 radical (unpaired) electrons. The number of nitrogen functional groups attached to an aromatic ring is 1. The first-order valence-corrected chi connectivity index (χ1v) is 12.4. The summed E-state index contributed by atoms with van der Waals surface area (Å²) in [6.07, 6.45) is -4.96. The number of carbonyl (C=O) groups is 2. The zero-order valence-electron chi connectivity index (χ0n) is 23.0. The number of anilines is 2. The highest BCUT2D eigenvalue weighted by atomic mass is 19.4. The van der Waals surface area contributed by atoms with Crippen LogP contribution in [0.5, 0.6) is 11.5 Å². The van der Waals surface area contributed by atoms with E-state index in [2.05, 4.69) is 16.0 Å². The van der Waals surface area contributed by atoms with Crippen molar-refractivity contribution in [1.82, 2.24) is 10.6 Å². The molecular weight excluding hydrogens is 517 g/mol. The third-order valence-corrected chi connectivity index (χ3v) is 4.76. The molecular formula is C27H37F3N4O5. The molecule has 39 heavy (non-hydrogen) atoms. The number of aryl methyl sites for hydroxylation is 1. The molecule has 9 nitrogen and oxygen atoms in total. The minimum Gasteiger partial charge on any atom is -0.457 e. The molecule has 12 heteroatoms. The SMILES string of the molecule is CC(C)(C)OC(=O)NCCCc1cc(N)ccc1Oc1cc(NCNC(=O)OC(C)(C)C)cc(C(F)(F)F)c1. The first-order valence-electron chi connectivity index (χ1n) is 12.4. The van der Waals surface area contributed by atoms with Gasteiger partial charge in [0.25, 0.3) is 0 Å². The standard InChI is InChI=1S/C27H37F3N4O5/c1-25(2,3)38-23(35)32-11-7-8-17-12-19(31)9-10-22(17)37-21-14-18(27(28,29)30)13-20(15-21)33-16-34-24(36)39-26(4,5)6/h9-10,12-15,33H,7-8,11,16,31H2,1-6H3,(H,32,35)(H,34,36). The van der Waals surface area contributed by atoms with Gasteiger partial charge < -0.3 is 35.9 Å². The lowest BCUT2D eigenvalue weighted by atomic mass is 10.1. The molecule has 0 saturated heterocycles. The molecule has 0 aromatic heterocycles. The van der Waals surface area contributed by atoms with Crippen LogP contribution in [0.15, 0.2) is 36.4 Å². The van der Waals surface area contributed by atoms with Crippen LogP contribution in [0, 0.1) is 0 Å². The molecule has 0 heterocycles. The number of rotatable bonds is 9. The lowest BCUT2D eigenvalue weighted by Gasteiger charge is -2.20. The summed E-state index contributed by atoms with van der Waals surface area (Å²) in [5.74, 6) is 0.251. The van der Waals surface area contributed by atoms with Gasteiger partial charge in [0.1, 0.15) is 22.7 Å². The van der Waals surface area contributed by atoms with Crippen molar-refractivity contribution in [3.63, 3.8) is 0 Å². The van der Waals surface area contributed by atoms with Crippen LogP contribution in [0.1, 0.15) is 59.1 Å². The fourth-order valence-corrected chi connectivity index (χ4v) is 3.26. The number of alkyl carbamates (subject to hydrolysis) is 2. The highest BCUT2D eigenvalue weighted by Gasteiger charge is 2.31. The van der Waals surface area contributed by atoms with Gasteiger partial charge >= 0.3 is 18.4 Å². The lowest BCUT2D eigenvalue weighted by Crippen LogP contribution is -2.35. The molecule has 2 aromatic rings. The Balaban J connectivity index is 2.13. The van der Waals surface area contributed by atoms with Gasteiger partial charge in [-0.1, -0.05) is 0 Å². The van der Waals surface area contributed by atoms with E-state index in [1.165, 1.54) is 6.07 Å². The molecule has 2 amide bonds. The minimum absolute atomic E-state index is 0.0671. The van der Waals surface area contributed by atoms with E-state index in [1.54, 1.807) is 59.7 Å². The van der Waals surface area contributed by atoms with E-state index < -0.39 is 35.1 Å². The molecule has 0 aliphatic carbocycles. The van der Waals surface area contributed by atoms with Gasteiger partial charge in [-0.3, -0.25) is 0 Å². The smallest absolute Gasteiger partial charge is 0.416 e. The van der Waals surface area contributed by atoms with Gasteiger partial charge in [0, 0.05) is 24.0 Å². The average Bonchev–Trinajstić information content (AvgIpc) is 2.75. The summed E-state index contributed by atoms with van der Waals surface area (Å²) < 4.78 is 57.0. The van der Waals surface area contributed by atoms with E-state index in [4.69, 9.17) is 19.9 Å². The summed E-state index contributed by atoms with van der Waals surface area (Å²) in [6, 6.07) is 8.00. The molecule has 0 fully saturated rings. The molecule has 216 valence electrons. The van der Waals surface area contributed by atoms with E-state index >= 15 is 0 Å². The monoisotopic (exact) mass is 554 g/mol. The van der Waals surface area contributed by atoms with Gasteiger partial charge in [-0.15, -0.1) is 0 Å². The van der Waals surface area contributed by atoms with Crippen LogP contribution < -0.4 is 26.4 Å². The number of hydrogen-bond acceptors (Lipinski definition) is 7. The summed E-state index contributed by atoms with van der Waals surface area (Å²) in [4.78, 5) is 23.7. The summed E-state index contributed by atoms with van der Waals surface area (Å²) in [5.41, 5.74) is 4.83. The molecule has 5 N–H and O–H groups in total. The van der Waals surface area contributed by atoms with E-state index in [1.807, 2.05) is 0 Å². The van der Waals surface area contributed by atoms with E-state index in [-0.39, 0.29) is 18.1 Å².